The minimum Gasteiger partial charge on any atom is -0.376 e. The van der Waals surface area contributed by atoms with Crippen molar-refractivity contribution in [3.05, 3.63) is 18.0 Å². The molecule has 1 saturated heterocycles. The number of aromatic nitrogens is 3. The smallest absolute Gasteiger partial charge is 0.319 e. The maximum atomic E-state index is 11.9. The van der Waals surface area contributed by atoms with E-state index in [0.717, 1.165) is 36.2 Å². The minimum atomic E-state index is -0.242. The second kappa shape index (κ2) is 5.69. The molecule has 3 rings (SSSR count). The number of anilines is 1. The molecule has 3 heterocycles. The number of ether oxygens (including phenoxy) is 1. The summed E-state index contributed by atoms with van der Waals surface area (Å²) in [6, 6.07) is 1.64. The Kier molecular flexibility index (Phi) is 3.74. The molecule has 1 fully saturated rings. The highest BCUT2D eigenvalue weighted by Gasteiger charge is 2.16. The van der Waals surface area contributed by atoms with Crippen molar-refractivity contribution in [1.82, 2.24) is 20.1 Å². The second-order valence-electron chi connectivity index (χ2n) is 5.27. The number of hydrogen-bond donors (Lipinski definition) is 2. The van der Waals surface area contributed by atoms with Gasteiger partial charge in [0.25, 0.3) is 0 Å². The number of carbonyl (C=O) groups excluding carboxylic acids is 1. The Balaban J connectivity index is 1.63. The first-order chi connectivity index (χ1) is 10.1. The zero-order valence-corrected chi connectivity index (χ0v) is 12.2. The number of nitrogens with one attached hydrogen (secondary N) is 2. The molecular formula is C14H19N5O2. The zero-order chi connectivity index (χ0) is 14.8. The van der Waals surface area contributed by atoms with E-state index in [2.05, 4.69) is 20.7 Å². The third-order valence-electron chi connectivity index (χ3n) is 3.64. The normalized spacial score (nSPS) is 18.1. The fraction of sp³-hybridized carbons (Fsp3) is 0.500. The molecule has 2 aromatic rings. The third kappa shape index (κ3) is 2.97. The van der Waals surface area contributed by atoms with Crippen LogP contribution in [0.5, 0.6) is 0 Å². The highest BCUT2D eigenvalue weighted by atomic mass is 16.5. The molecule has 7 nitrogen and oxygen atoms in total. The molecule has 7 heteroatoms. The van der Waals surface area contributed by atoms with Crippen LogP contribution in [0.4, 0.5) is 10.5 Å². The van der Waals surface area contributed by atoms with E-state index in [4.69, 9.17) is 4.74 Å². The lowest BCUT2D eigenvalue weighted by molar-refractivity contribution is 0.112. The van der Waals surface area contributed by atoms with Crippen LogP contribution in [-0.4, -0.2) is 40.1 Å². The van der Waals surface area contributed by atoms with E-state index < -0.39 is 0 Å². The van der Waals surface area contributed by atoms with Crippen LogP contribution in [0.1, 0.15) is 18.5 Å². The molecule has 21 heavy (non-hydrogen) atoms. The summed E-state index contributed by atoms with van der Waals surface area (Å²) >= 11 is 0. The van der Waals surface area contributed by atoms with Crippen LogP contribution in [0.2, 0.25) is 0 Å². The topological polar surface area (TPSA) is 81.1 Å². The molecule has 0 bridgehead atoms. The monoisotopic (exact) mass is 289 g/mol. The molecule has 2 aromatic heterocycles. The molecule has 112 valence electrons. The Hall–Kier alpha value is -2.15. The predicted molar refractivity (Wildman–Crippen MR) is 79.2 cm³/mol. The van der Waals surface area contributed by atoms with Gasteiger partial charge >= 0.3 is 6.03 Å². The van der Waals surface area contributed by atoms with Crippen molar-refractivity contribution in [2.75, 3.05) is 18.5 Å². The highest BCUT2D eigenvalue weighted by Crippen LogP contribution is 2.19. The number of rotatable bonds is 3. The molecule has 1 aliphatic heterocycles. The number of nitrogens with zero attached hydrogens (tertiary/aromatic N) is 3. The predicted octanol–water partition coefficient (Wildman–Crippen LogP) is 1.58. The third-order valence-corrected chi connectivity index (χ3v) is 3.64. The summed E-state index contributed by atoms with van der Waals surface area (Å²) in [6.45, 7) is 3.24. The molecule has 0 saturated carbocycles. The molecule has 2 amide bonds. The van der Waals surface area contributed by atoms with Crippen molar-refractivity contribution in [1.29, 1.82) is 0 Å². The lowest BCUT2D eigenvalue weighted by atomic mass is 10.2. The molecule has 0 aliphatic carbocycles. The average Bonchev–Trinajstić information content (AvgIpc) is 3.06. The van der Waals surface area contributed by atoms with Gasteiger partial charge < -0.3 is 15.4 Å². The fourth-order valence-electron chi connectivity index (χ4n) is 2.56. The van der Waals surface area contributed by atoms with Crippen molar-refractivity contribution in [2.45, 2.75) is 25.9 Å². The summed E-state index contributed by atoms with van der Waals surface area (Å²) in [7, 11) is 1.85. The van der Waals surface area contributed by atoms with Gasteiger partial charge in [0.15, 0.2) is 5.65 Å². The summed E-state index contributed by atoms with van der Waals surface area (Å²) in [5.74, 6) is 0. The van der Waals surface area contributed by atoms with Gasteiger partial charge in [0, 0.05) is 25.6 Å². The zero-order valence-electron chi connectivity index (χ0n) is 12.2. The largest absolute Gasteiger partial charge is 0.376 e. The van der Waals surface area contributed by atoms with Gasteiger partial charge in [-0.15, -0.1) is 0 Å². The van der Waals surface area contributed by atoms with Crippen LogP contribution in [0, 0.1) is 6.92 Å². The molecular weight excluding hydrogens is 270 g/mol. The van der Waals surface area contributed by atoms with Crippen molar-refractivity contribution in [3.8, 4) is 0 Å². The van der Waals surface area contributed by atoms with Gasteiger partial charge in [-0.3, -0.25) is 4.68 Å². The summed E-state index contributed by atoms with van der Waals surface area (Å²) in [5.41, 5.74) is 2.35. The minimum absolute atomic E-state index is 0.136. The Morgan fingerprint density at radius 2 is 2.43 bits per heavy atom. The van der Waals surface area contributed by atoms with E-state index in [9.17, 15) is 4.79 Å². The van der Waals surface area contributed by atoms with Crippen LogP contribution in [-0.2, 0) is 11.8 Å². The number of fused-ring (bicyclic) bond motifs is 1. The molecule has 0 radical (unpaired) electrons. The van der Waals surface area contributed by atoms with Gasteiger partial charge in [-0.1, -0.05) is 0 Å². The molecule has 1 atom stereocenters. The summed E-state index contributed by atoms with van der Waals surface area (Å²) < 4.78 is 7.19. The van der Waals surface area contributed by atoms with Crippen molar-refractivity contribution < 1.29 is 9.53 Å². The fourth-order valence-corrected chi connectivity index (χ4v) is 2.56. The first-order valence-electron chi connectivity index (χ1n) is 7.09. The van der Waals surface area contributed by atoms with Crippen molar-refractivity contribution in [2.24, 2.45) is 7.05 Å². The highest BCUT2D eigenvalue weighted by molar-refractivity contribution is 5.92. The van der Waals surface area contributed by atoms with E-state index in [1.165, 1.54) is 0 Å². The SMILES string of the molecule is Cc1nn(C)c2ncc(NC(=O)NCC3CCCO3)cc12. The average molecular weight is 289 g/mol. The lowest BCUT2D eigenvalue weighted by Gasteiger charge is -2.11. The standard InChI is InChI=1S/C14H19N5O2/c1-9-12-6-10(7-15-13(12)19(2)18-9)17-14(20)16-8-11-4-3-5-21-11/h6-7,11H,3-5,8H2,1-2H3,(H2,16,17,20). The van der Waals surface area contributed by atoms with Gasteiger partial charge in [-0.2, -0.15) is 5.10 Å². The quantitative estimate of drug-likeness (QED) is 0.899. The van der Waals surface area contributed by atoms with Gasteiger partial charge in [0.2, 0.25) is 0 Å². The molecule has 1 unspecified atom stereocenters. The van der Waals surface area contributed by atoms with Crippen LogP contribution in [0.25, 0.3) is 11.0 Å². The van der Waals surface area contributed by atoms with Gasteiger partial charge in [0.1, 0.15) is 0 Å². The van der Waals surface area contributed by atoms with Gasteiger partial charge in [0.05, 0.1) is 23.7 Å². The van der Waals surface area contributed by atoms with E-state index in [0.29, 0.717) is 12.2 Å². The summed E-state index contributed by atoms with van der Waals surface area (Å²) in [6.07, 6.45) is 3.84. The first kappa shape index (κ1) is 13.8. The summed E-state index contributed by atoms with van der Waals surface area (Å²) in [5, 5.41) is 10.9. The summed E-state index contributed by atoms with van der Waals surface area (Å²) in [4.78, 5) is 16.2. The van der Waals surface area contributed by atoms with Crippen molar-refractivity contribution in [3.63, 3.8) is 0 Å². The Morgan fingerprint density at radius 3 is 3.19 bits per heavy atom. The second-order valence-corrected chi connectivity index (χ2v) is 5.27. The maximum Gasteiger partial charge on any atom is 0.319 e. The van der Waals surface area contributed by atoms with E-state index >= 15 is 0 Å². The van der Waals surface area contributed by atoms with Crippen LogP contribution >= 0.6 is 0 Å². The van der Waals surface area contributed by atoms with E-state index in [-0.39, 0.29) is 12.1 Å². The molecule has 0 spiro atoms. The number of hydrogen-bond acceptors (Lipinski definition) is 4. The lowest BCUT2D eigenvalue weighted by Crippen LogP contribution is -2.35. The number of amides is 2. The number of carbonyl (C=O) groups is 1. The maximum absolute atomic E-state index is 11.9. The van der Waals surface area contributed by atoms with Gasteiger partial charge in [-0.25, -0.2) is 9.78 Å². The van der Waals surface area contributed by atoms with Crippen molar-refractivity contribution >= 4 is 22.8 Å². The molecule has 1 aliphatic rings. The Bertz CT molecular complexity index is 661. The molecule has 2 N–H and O–H groups in total. The molecule has 0 aromatic carbocycles. The Morgan fingerprint density at radius 1 is 1.57 bits per heavy atom. The van der Waals surface area contributed by atoms with Crippen LogP contribution in [0.15, 0.2) is 12.3 Å². The van der Waals surface area contributed by atoms with Crippen LogP contribution < -0.4 is 10.6 Å². The van der Waals surface area contributed by atoms with E-state index in [1.54, 1.807) is 10.9 Å². The number of pyridine rings is 1. The number of urea groups is 1. The van der Waals surface area contributed by atoms with Crippen LogP contribution in [0.3, 0.4) is 0 Å². The first-order valence-corrected chi connectivity index (χ1v) is 7.09. The Labute approximate surface area is 122 Å². The number of aryl methyl sites for hydroxylation is 2. The van der Waals surface area contributed by atoms with E-state index in [1.807, 2.05) is 20.0 Å². The van der Waals surface area contributed by atoms with Gasteiger partial charge in [-0.05, 0) is 25.8 Å².